The van der Waals surface area contributed by atoms with Crippen LogP contribution >= 0.6 is 0 Å². The van der Waals surface area contributed by atoms with Gasteiger partial charge in [0.2, 0.25) is 10.0 Å². The van der Waals surface area contributed by atoms with Gasteiger partial charge in [-0.3, -0.25) is 0 Å². The highest BCUT2D eigenvalue weighted by Gasteiger charge is 2.23. The van der Waals surface area contributed by atoms with E-state index in [9.17, 15) is 26.4 Å². The number of sulfonamides is 1. The van der Waals surface area contributed by atoms with Crippen molar-refractivity contribution < 1.29 is 31.1 Å². The molecular formula is C15H12F3NO4S. The maximum absolute atomic E-state index is 13.6. The van der Waals surface area contributed by atoms with Crippen LogP contribution in [0.3, 0.4) is 0 Å². The Morgan fingerprint density at radius 3 is 2.42 bits per heavy atom. The summed E-state index contributed by atoms with van der Waals surface area (Å²) >= 11 is 0. The molecule has 0 saturated heterocycles. The third kappa shape index (κ3) is 3.57. The Hall–Kier alpha value is -2.39. The molecule has 0 aliphatic heterocycles. The van der Waals surface area contributed by atoms with Crippen molar-refractivity contribution >= 4 is 16.0 Å². The molecule has 2 aromatic carbocycles. The van der Waals surface area contributed by atoms with E-state index in [4.69, 9.17) is 0 Å². The van der Waals surface area contributed by atoms with Crippen LogP contribution in [0.2, 0.25) is 0 Å². The average Bonchev–Trinajstić information content (AvgIpc) is 2.58. The van der Waals surface area contributed by atoms with Gasteiger partial charge in [0, 0.05) is 12.1 Å². The lowest BCUT2D eigenvalue weighted by Gasteiger charge is -2.11. The van der Waals surface area contributed by atoms with Crippen LogP contribution in [0.5, 0.6) is 0 Å². The third-order valence-corrected chi connectivity index (χ3v) is 4.61. The lowest BCUT2D eigenvalue weighted by molar-refractivity contribution is 0.0596. The summed E-state index contributed by atoms with van der Waals surface area (Å²) in [5, 5.41) is 0. The molecule has 0 spiro atoms. The Kier molecular flexibility index (Phi) is 5.25. The first kappa shape index (κ1) is 18.0. The summed E-state index contributed by atoms with van der Waals surface area (Å²) < 4.78 is 70.7. The van der Waals surface area contributed by atoms with Crippen molar-refractivity contribution in [2.75, 3.05) is 7.11 Å². The maximum Gasteiger partial charge on any atom is 0.339 e. The molecule has 0 saturated carbocycles. The van der Waals surface area contributed by atoms with Gasteiger partial charge < -0.3 is 4.74 Å². The molecule has 0 radical (unpaired) electrons. The van der Waals surface area contributed by atoms with Crippen molar-refractivity contribution in [1.29, 1.82) is 0 Å². The first-order valence-corrected chi connectivity index (χ1v) is 8.05. The van der Waals surface area contributed by atoms with E-state index in [2.05, 4.69) is 4.74 Å². The summed E-state index contributed by atoms with van der Waals surface area (Å²) in [6, 6.07) is 6.85. The van der Waals surface area contributed by atoms with Crippen LogP contribution in [-0.4, -0.2) is 21.5 Å². The first-order chi connectivity index (χ1) is 11.3. The van der Waals surface area contributed by atoms with E-state index in [-0.39, 0.29) is 16.0 Å². The number of rotatable bonds is 5. The topological polar surface area (TPSA) is 72.5 Å². The van der Waals surface area contributed by atoms with E-state index >= 15 is 0 Å². The molecule has 0 amide bonds. The van der Waals surface area contributed by atoms with E-state index in [1.807, 2.05) is 4.72 Å². The number of nitrogens with one attached hydrogen (secondary N) is 1. The number of esters is 1. The summed E-state index contributed by atoms with van der Waals surface area (Å²) in [4.78, 5) is 11.3. The fourth-order valence-electron chi connectivity index (χ4n) is 1.93. The van der Waals surface area contributed by atoms with E-state index in [1.165, 1.54) is 18.2 Å². The predicted molar refractivity (Wildman–Crippen MR) is 78.1 cm³/mol. The Labute approximate surface area is 136 Å². The molecule has 0 unspecified atom stereocenters. The molecule has 2 rings (SSSR count). The van der Waals surface area contributed by atoms with Gasteiger partial charge in [0.25, 0.3) is 0 Å². The highest BCUT2D eigenvalue weighted by molar-refractivity contribution is 7.89. The second kappa shape index (κ2) is 7.02. The molecule has 0 heterocycles. The van der Waals surface area contributed by atoms with E-state index < -0.39 is 40.0 Å². The van der Waals surface area contributed by atoms with Crippen molar-refractivity contribution in [3.05, 3.63) is 65.0 Å². The molecule has 128 valence electrons. The molecule has 2 aromatic rings. The van der Waals surface area contributed by atoms with Crippen molar-refractivity contribution in [3.63, 3.8) is 0 Å². The molecule has 0 atom stereocenters. The zero-order valence-corrected chi connectivity index (χ0v) is 13.2. The maximum atomic E-state index is 13.6. The largest absolute Gasteiger partial charge is 0.465 e. The third-order valence-electron chi connectivity index (χ3n) is 3.15. The highest BCUT2D eigenvalue weighted by atomic mass is 32.2. The molecule has 0 aliphatic rings. The van der Waals surface area contributed by atoms with Crippen molar-refractivity contribution in [3.8, 4) is 0 Å². The van der Waals surface area contributed by atoms with Gasteiger partial charge in [-0.1, -0.05) is 18.2 Å². The predicted octanol–water partition coefficient (Wildman–Crippen LogP) is 2.37. The fraction of sp³-hybridized carbons (Fsp3) is 0.133. The van der Waals surface area contributed by atoms with Gasteiger partial charge in [-0.15, -0.1) is 0 Å². The van der Waals surface area contributed by atoms with Crippen LogP contribution in [0.25, 0.3) is 0 Å². The van der Waals surface area contributed by atoms with Gasteiger partial charge in [0.15, 0.2) is 17.5 Å². The standard InChI is InChI=1S/C15H12F3NO4S/c1-23-15(20)10-4-2-3-5-12(10)24(21,22)19-8-9-6-7-11(16)14(18)13(9)17/h2-7,19H,8H2,1H3. The van der Waals surface area contributed by atoms with Crippen LogP contribution in [0.1, 0.15) is 15.9 Å². The zero-order chi connectivity index (χ0) is 17.9. The van der Waals surface area contributed by atoms with Gasteiger partial charge in [-0.05, 0) is 18.2 Å². The van der Waals surface area contributed by atoms with E-state index in [1.54, 1.807) is 0 Å². The molecule has 1 N–H and O–H groups in total. The fourth-order valence-corrected chi connectivity index (χ4v) is 3.13. The monoisotopic (exact) mass is 359 g/mol. The van der Waals surface area contributed by atoms with Crippen molar-refractivity contribution in [2.24, 2.45) is 0 Å². The quantitative estimate of drug-likeness (QED) is 0.657. The van der Waals surface area contributed by atoms with Crippen LogP contribution in [0.4, 0.5) is 13.2 Å². The highest BCUT2D eigenvalue weighted by Crippen LogP contribution is 2.19. The number of hydrogen-bond acceptors (Lipinski definition) is 4. The number of hydrogen-bond donors (Lipinski definition) is 1. The number of halogens is 3. The minimum Gasteiger partial charge on any atom is -0.465 e. The lowest BCUT2D eigenvalue weighted by atomic mass is 10.2. The molecule has 0 aliphatic carbocycles. The summed E-state index contributed by atoms with van der Waals surface area (Å²) in [6.07, 6.45) is 0. The number of methoxy groups -OCH3 is 1. The number of carbonyl (C=O) groups is 1. The minimum absolute atomic E-state index is 0.210. The smallest absolute Gasteiger partial charge is 0.339 e. The van der Waals surface area contributed by atoms with Gasteiger partial charge >= 0.3 is 5.97 Å². The molecule has 24 heavy (non-hydrogen) atoms. The Morgan fingerprint density at radius 2 is 1.75 bits per heavy atom. The van der Waals surface area contributed by atoms with Crippen LogP contribution in [0.15, 0.2) is 41.3 Å². The number of carbonyl (C=O) groups excluding carboxylic acids is 1. The molecule has 0 bridgehead atoms. The second-order valence-corrected chi connectivity index (χ2v) is 6.38. The van der Waals surface area contributed by atoms with Crippen LogP contribution < -0.4 is 4.72 Å². The summed E-state index contributed by atoms with van der Waals surface area (Å²) in [5.41, 5.74) is -0.591. The Balaban J connectivity index is 2.31. The molecule has 5 nitrogen and oxygen atoms in total. The minimum atomic E-state index is -4.22. The zero-order valence-electron chi connectivity index (χ0n) is 12.3. The lowest BCUT2D eigenvalue weighted by Crippen LogP contribution is -2.26. The van der Waals surface area contributed by atoms with Crippen molar-refractivity contribution in [1.82, 2.24) is 4.72 Å². The molecular weight excluding hydrogens is 347 g/mol. The van der Waals surface area contributed by atoms with Gasteiger partial charge in [0.1, 0.15) is 0 Å². The number of benzene rings is 2. The van der Waals surface area contributed by atoms with Gasteiger partial charge in [-0.25, -0.2) is 31.1 Å². The number of ether oxygens (including phenoxy) is 1. The van der Waals surface area contributed by atoms with Crippen molar-refractivity contribution in [2.45, 2.75) is 11.4 Å². The Morgan fingerprint density at radius 1 is 1.08 bits per heavy atom. The van der Waals surface area contributed by atoms with Crippen LogP contribution in [-0.2, 0) is 21.3 Å². The molecule has 0 fully saturated rings. The average molecular weight is 359 g/mol. The summed E-state index contributed by atoms with van der Waals surface area (Å²) in [5.74, 6) is -5.43. The van der Waals surface area contributed by atoms with E-state index in [0.717, 1.165) is 19.2 Å². The summed E-state index contributed by atoms with van der Waals surface area (Å²) in [7, 11) is -3.12. The Bertz CT molecular complexity index is 884. The summed E-state index contributed by atoms with van der Waals surface area (Å²) in [6.45, 7) is -0.624. The molecule has 9 heteroatoms. The van der Waals surface area contributed by atoms with Gasteiger partial charge in [-0.2, -0.15) is 0 Å². The second-order valence-electron chi connectivity index (χ2n) is 4.65. The van der Waals surface area contributed by atoms with Crippen LogP contribution in [0, 0.1) is 17.5 Å². The first-order valence-electron chi connectivity index (χ1n) is 6.57. The normalized spacial score (nSPS) is 11.3. The van der Waals surface area contributed by atoms with Gasteiger partial charge in [0.05, 0.1) is 17.6 Å². The molecule has 0 aromatic heterocycles. The SMILES string of the molecule is COC(=O)c1ccccc1S(=O)(=O)NCc1ccc(F)c(F)c1F. The van der Waals surface area contributed by atoms with E-state index in [0.29, 0.717) is 6.07 Å².